The third-order valence-electron chi connectivity index (χ3n) is 3.43. The Hall–Kier alpha value is -0.500. The smallest absolute Gasteiger partial charge is 0.251 e. The Bertz CT molecular complexity index is 525. The molecule has 4 nitrogen and oxygen atoms in total. The lowest BCUT2D eigenvalue weighted by Gasteiger charge is -2.32. The molecule has 1 aromatic carbocycles. The number of nitrogens with two attached hydrogens (primary N) is 1. The first kappa shape index (κ1) is 16.9. The number of nitrogens with zero attached hydrogens (tertiary/aromatic N) is 1. The zero-order chi connectivity index (χ0) is 15.4. The van der Waals surface area contributed by atoms with Gasteiger partial charge in [0.1, 0.15) is 0 Å². The Morgan fingerprint density at radius 2 is 1.86 bits per heavy atom. The van der Waals surface area contributed by atoms with Gasteiger partial charge < -0.3 is 11.1 Å². The lowest BCUT2D eigenvalue weighted by Crippen LogP contribution is -2.46. The van der Waals surface area contributed by atoms with Crippen LogP contribution >= 0.6 is 44.1 Å². The maximum atomic E-state index is 12.3. The summed E-state index contributed by atoms with van der Waals surface area (Å²) < 4.78 is 1.77. The van der Waals surface area contributed by atoms with Crippen LogP contribution in [0.15, 0.2) is 27.1 Å². The molecule has 0 atom stereocenters. The SMILES string of the molecule is NC(=S)CN1CCC(NC(=O)c2cc(Br)cc(Br)c2)CC1. The molecular formula is C14H17Br2N3OS. The summed E-state index contributed by atoms with van der Waals surface area (Å²) in [5.74, 6) is -0.0372. The molecule has 1 aromatic rings. The van der Waals surface area contributed by atoms with E-state index in [1.54, 1.807) is 0 Å². The highest BCUT2D eigenvalue weighted by Gasteiger charge is 2.21. The first-order chi connectivity index (χ1) is 9.94. The fraction of sp³-hybridized carbons (Fsp3) is 0.429. The third kappa shape index (κ3) is 5.32. The van der Waals surface area contributed by atoms with Crippen molar-refractivity contribution in [3.8, 4) is 0 Å². The van der Waals surface area contributed by atoms with E-state index in [9.17, 15) is 4.79 Å². The van der Waals surface area contributed by atoms with Crippen LogP contribution in [0.25, 0.3) is 0 Å². The highest BCUT2D eigenvalue weighted by molar-refractivity contribution is 9.11. The van der Waals surface area contributed by atoms with Gasteiger partial charge in [-0.15, -0.1) is 0 Å². The Balaban J connectivity index is 1.88. The molecule has 7 heteroatoms. The van der Waals surface area contributed by atoms with Gasteiger partial charge in [-0.3, -0.25) is 9.69 Å². The number of benzene rings is 1. The van der Waals surface area contributed by atoms with Crippen molar-refractivity contribution in [2.75, 3.05) is 19.6 Å². The number of carbonyl (C=O) groups is 1. The minimum Gasteiger partial charge on any atom is -0.392 e. The fourth-order valence-corrected chi connectivity index (χ4v) is 3.89. The van der Waals surface area contributed by atoms with Crippen LogP contribution in [0.2, 0.25) is 0 Å². The maximum Gasteiger partial charge on any atom is 0.251 e. The summed E-state index contributed by atoms with van der Waals surface area (Å²) in [4.78, 5) is 15.0. The van der Waals surface area contributed by atoms with Crippen LogP contribution in [0.5, 0.6) is 0 Å². The molecule has 2 rings (SSSR count). The van der Waals surface area contributed by atoms with Crippen molar-refractivity contribution in [1.82, 2.24) is 10.2 Å². The summed E-state index contributed by atoms with van der Waals surface area (Å²) in [6, 6.07) is 5.76. The molecule has 1 aliphatic heterocycles. The predicted octanol–water partition coefficient (Wildman–Crippen LogP) is 2.69. The van der Waals surface area contributed by atoms with E-state index in [1.807, 2.05) is 18.2 Å². The van der Waals surface area contributed by atoms with Crippen LogP contribution in [0, 0.1) is 0 Å². The number of carbonyl (C=O) groups excluding carboxylic acids is 1. The normalized spacial score (nSPS) is 16.7. The second kappa shape index (κ2) is 7.67. The van der Waals surface area contributed by atoms with Crippen molar-refractivity contribution in [1.29, 1.82) is 0 Å². The van der Waals surface area contributed by atoms with Gasteiger partial charge in [-0.25, -0.2) is 0 Å². The van der Waals surface area contributed by atoms with Gasteiger partial charge >= 0.3 is 0 Å². The zero-order valence-electron chi connectivity index (χ0n) is 11.4. The average molecular weight is 435 g/mol. The Morgan fingerprint density at radius 1 is 1.29 bits per heavy atom. The largest absolute Gasteiger partial charge is 0.392 e. The predicted molar refractivity (Wildman–Crippen MR) is 95.6 cm³/mol. The van der Waals surface area contributed by atoms with Gasteiger partial charge in [0, 0.05) is 40.2 Å². The first-order valence-corrected chi connectivity index (χ1v) is 8.71. The molecule has 1 fully saturated rings. The van der Waals surface area contributed by atoms with E-state index in [-0.39, 0.29) is 11.9 Å². The molecule has 0 radical (unpaired) electrons. The lowest BCUT2D eigenvalue weighted by molar-refractivity contribution is 0.0915. The number of thiocarbonyl (C=S) groups is 1. The Kier molecular flexibility index (Phi) is 6.16. The minimum absolute atomic E-state index is 0.0372. The van der Waals surface area contributed by atoms with Gasteiger partial charge in [0.05, 0.1) is 4.99 Å². The number of halogens is 2. The molecule has 0 aliphatic carbocycles. The van der Waals surface area contributed by atoms with Crippen molar-refractivity contribution in [3.05, 3.63) is 32.7 Å². The van der Waals surface area contributed by atoms with Crippen LogP contribution in [0.3, 0.4) is 0 Å². The molecule has 1 aliphatic rings. The molecule has 1 heterocycles. The van der Waals surface area contributed by atoms with Crippen molar-refractivity contribution in [2.24, 2.45) is 5.73 Å². The van der Waals surface area contributed by atoms with E-state index in [0.29, 0.717) is 17.1 Å². The average Bonchev–Trinajstić information content (AvgIpc) is 2.39. The monoisotopic (exact) mass is 433 g/mol. The lowest BCUT2D eigenvalue weighted by atomic mass is 10.0. The molecule has 1 saturated heterocycles. The molecule has 3 N–H and O–H groups in total. The van der Waals surface area contributed by atoms with Gasteiger partial charge in [-0.2, -0.15) is 0 Å². The van der Waals surface area contributed by atoms with E-state index in [4.69, 9.17) is 18.0 Å². The number of hydrogen-bond donors (Lipinski definition) is 2. The number of likely N-dealkylation sites (tertiary alicyclic amines) is 1. The summed E-state index contributed by atoms with van der Waals surface area (Å²) >= 11 is 11.7. The van der Waals surface area contributed by atoms with Gasteiger partial charge in [0.25, 0.3) is 5.91 Å². The number of rotatable bonds is 4. The molecule has 0 spiro atoms. The molecule has 1 amide bonds. The zero-order valence-corrected chi connectivity index (χ0v) is 15.4. The van der Waals surface area contributed by atoms with Crippen molar-refractivity contribution in [2.45, 2.75) is 18.9 Å². The Morgan fingerprint density at radius 3 is 2.38 bits per heavy atom. The highest BCUT2D eigenvalue weighted by atomic mass is 79.9. The number of hydrogen-bond acceptors (Lipinski definition) is 3. The molecule has 0 saturated carbocycles. The summed E-state index contributed by atoms with van der Waals surface area (Å²) in [7, 11) is 0. The number of piperidine rings is 1. The summed E-state index contributed by atoms with van der Waals surface area (Å²) in [5, 5.41) is 3.09. The second-order valence-corrected chi connectivity index (χ2v) is 7.50. The van der Waals surface area contributed by atoms with Crippen molar-refractivity contribution < 1.29 is 4.79 Å². The quantitative estimate of drug-likeness (QED) is 0.715. The van der Waals surface area contributed by atoms with Crippen LogP contribution < -0.4 is 11.1 Å². The van der Waals surface area contributed by atoms with Crippen LogP contribution in [-0.2, 0) is 0 Å². The van der Waals surface area contributed by atoms with E-state index < -0.39 is 0 Å². The summed E-state index contributed by atoms with van der Waals surface area (Å²) in [6.45, 7) is 2.48. The highest BCUT2D eigenvalue weighted by Crippen LogP contribution is 2.20. The fourth-order valence-electron chi connectivity index (χ4n) is 2.41. The van der Waals surface area contributed by atoms with E-state index >= 15 is 0 Å². The van der Waals surface area contributed by atoms with Crippen LogP contribution in [-0.4, -0.2) is 41.5 Å². The number of nitrogens with one attached hydrogen (secondary N) is 1. The summed E-state index contributed by atoms with van der Waals surface area (Å²) in [6.07, 6.45) is 1.84. The molecule has 21 heavy (non-hydrogen) atoms. The van der Waals surface area contributed by atoms with Gasteiger partial charge in [0.15, 0.2) is 0 Å². The van der Waals surface area contributed by atoms with Crippen molar-refractivity contribution in [3.63, 3.8) is 0 Å². The van der Waals surface area contributed by atoms with Gasteiger partial charge in [0.2, 0.25) is 0 Å². The molecule has 0 unspecified atom stereocenters. The standard InChI is InChI=1S/C14H17Br2N3OS/c15-10-5-9(6-11(16)7-10)14(20)18-12-1-3-19(4-2-12)8-13(17)21/h5-7,12H,1-4,8H2,(H2,17,21)(H,18,20). The summed E-state index contributed by atoms with van der Waals surface area (Å²) in [5.41, 5.74) is 6.21. The van der Waals surface area contributed by atoms with Gasteiger partial charge in [-0.05, 0) is 31.0 Å². The van der Waals surface area contributed by atoms with Crippen molar-refractivity contribution >= 4 is 55.0 Å². The molecule has 0 aromatic heterocycles. The van der Waals surface area contributed by atoms with Gasteiger partial charge in [-0.1, -0.05) is 44.1 Å². The van der Waals surface area contributed by atoms with E-state index in [0.717, 1.165) is 34.9 Å². The second-order valence-electron chi connectivity index (χ2n) is 5.15. The number of amides is 1. The molecule has 114 valence electrons. The van der Waals surface area contributed by atoms with Crippen LogP contribution in [0.1, 0.15) is 23.2 Å². The first-order valence-electron chi connectivity index (χ1n) is 6.71. The van der Waals surface area contributed by atoms with E-state index in [1.165, 1.54) is 0 Å². The third-order valence-corrected chi connectivity index (χ3v) is 4.47. The van der Waals surface area contributed by atoms with E-state index in [2.05, 4.69) is 42.1 Å². The molecule has 0 bridgehead atoms. The molecular weight excluding hydrogens is 418 g/mol. The maximum absolute atomic E-state index is 12.3. The topological polar surface area (TPSA) is 58.4 Å². The van der Waals surface area contributed by atoms with Crippen LogP contribution in [0.4, 0.5) is 0 Å². The Labute approximate surface area is 146 Å². The minimum atomic E-state index is -0.0372.